The van der Waals surface area contributed by atoms with Crippen molar-refractivity contribution in [3.63, 3.8) is 0 Å². The van der Waals surface area contributed by atoms with Crippen LogP contribution < -0.4 is 5.32 Å². The lowest BCUT2D eigenvalue weighted by atomic mass is 9.89. The van der Waals surface area contributed by atoms with E-state index in [0.717, 1.165) is 6.42 Å². The second kappa shape index (κ2) is 4.51. The van der Waals surface area contributed by atoms with Crippen LogP contribution in [0, 0.1) is 11.8 Å². The zero-order valence-corrected chi connectivity index (χ0v) is 9.63. The number of hydrogen-bond donors (Lipinski definition) is 1. The van der Waals surface area contributed by atoms with Crippen molar-refractivity contribution in [2.75, 3.05) is 0 Å². The average molecular weight is 219 g/mol. The van der Waals surface area contributed by atoms with Crippen molar-refractivity contribution >= 4 is 12.1 Å². The largest absolute Gasteiger partial charge is 0.370 e. The van der Waals surface area contributed by atoms with E-state index in [9.17, 15) is 4.79 Å². The molecule has 3 atom stereocenters. The maximum Gasteiger partial charge on any atom is 0.231 e. The molecule has 0 spiro atoms. The van der Waals surface area contributed by atoms with Gasteiger partial charge in [-0.1, -0.05) is 13.0 Å². The molecule has 4 nitrogen and oxygen atoms in total. The first-order chi connectivity index (χ1) is 7.70. The van der Waals surface area contributed by atoms with Crippen molar-refractivity contribution in [1.82, 2.24) is 10.2 Å². The van der Waals surface area contributed by atoms with Gasteiger partial charge in [0.2, 0.25) is 5.91 Å². The van der Waals surface area contributed by atoms with E-state index in [1.54, 1.807) is 11.1 Å². The number of carbonyl (C=O) groups excluding carboxylic acids is 1. The van der Waals surface area contributed by atoms with E-state index in [2.05, 4.69) is 10.3 Å². The molecule has 16 heavy (non-hydrogen) atoms. The van der Waals surface area contributed by atoms with Crippen LogP contribution in [0.1, 0.15) is 20.3 Å². The van der Waals surface area contributed by atoms with Gasteiger partial charge in [-0.25, -0.2) is 0 Å². The van der Waals surface area contributed by atoms with E-state index in [1.807, 2.05) is 38.5 Å². The minimum Gasteiger partial charge on any atom is -0.370 e. The molecule has 4 heteroatoms. The Morgan fingerprint density at radius 1 is 1.62 bits per heavy atom. The lowest BCUT2D eigenvalue weighted by Crippen LogP contribution is -2.41. The molecule has 0 fully saturated rings. The highest BCUT2D eigenvalue weighted by atomic mass is 16.2. The third-order valence-corrected chi connectivity index (χ3v) is 3.18. The zero-order chi connectivity index (χ0) is 11.5. The average Bonchev–Trinajstić information content (AvgIpc) is 2.75. The van der Waals surface area contributed by atoms with Crippen LogP contribution in [0.3, 0.4) is 0 Å². The summed E-state index contributed by atoms with van der Waals surface area (Å²) in [7, 11) is 0. The number of nitrogens with zero attached hydrogens (tertiary/aromatic N) is 2. The normalized spacial score (nSPS) is 29.2. The van der Waals surface area contributed by atoms with Crippen molar-refractivity contribution in [3.05, 3.63) is 24.7 Å². The second-order valence-electron chi connectivity index (χ2n) is 4.27. The lowest BCUT2D eigenvalue weighted by Gasteiger charge is -2.27. The molecule has 2 aliphatic heterocycles. The van der Waals surface area contributed by atoms with Gasteiger partial charge in [-0.05, 0) is 19.3 Å². The van der Waals surface area contributed by atoms with E-state index in [0.29, 0.717) is 0 Å². The molecule has 0 radical (unpaired) electrons. The van der Waals surface area contributed by atoms with Gasteiger partial charge in [-0.3, -0.25) is 14.7 Å². The standard InChI is InChI=1S/C12H17N3O/c1-9(11-3-5-13-6-4-11)12(16)15-8-7-14-10(15)2/h3,5-11,14H,4H2,1-2H3. The van der Waals surface area contributed by atoms with Gasteiger partial charge in [0.05, 0.1) is 0 Å². The number of hydrogen-bond acceptors (Lipinski definition) is 3. The minimum absolute atomic E-state index is 0.00463. The third kappa shape index (κ3) is 2.01. The van der Waals surface area contributed by atoms with Gasteiger partial charge in [0.1, 0.15) is 6.17 Å². The highest BCUT2D eigenvalue weighted by Crippen LogP contribution is 2.22. The Balaban J connectivity index is 2.01. The van der Waals surface area contributed by atoms with Crippen LogP contribution in [-0.2, 0) is 4.79 Å². The topological polar surface area (TPSA) is 44.7 Å². The summed E-state index contributed by atoms with van der Waals surface area (Å²) in [5, 5.41) is 3.09. The first kappa shape index (κ1) is 10.9. The molecule has 0 aromatic carbocycles. The fraction of sp³-hybridized carbons (Fsp3) is 0.500. The molecular formula is C12H17N3O. The fourth-order valence-electron chi connectivity index (χ4n) is 2.01. The molecule has 0 aliphatic carbocycles. The Morgan fingerprint density at radius 2 is 2.44 bits per heavy atom. The molecule has 86 valence electrons. The van der Waals surface area contributed by atoms with Crippen LogP contribution >= 0.6 is 0 Å². The molecule has 1 amide bonds. The first-order valence-electron chi connectivity index (χ1n) is 5.63. The zero-order valence-electron chi connectivity index (χ0n) is 9.63. The van der Waals surface area contributed by atoms with Gasteiger partial charge in [0, 0.05) is 30.7 Å². The molecule has 2 aliphatic rings. The number of nitrogens with one attached hydrogen (secondary N) is 1. The van der Waals surface area contributed by atoms with Gasteiger partial charge in [-0.2, -0.15) is 0 Å². The molecular weight excluding hydrogens is 202 g/mol. The third-order valence-electron chi connectivity index (χ3n) is 3.18. The van der Waals surface area contributed by atoms with Crippen molar-refractivity contribution in [3.8, 4) is 0 Å². The van der Waals surface area contributed by atoms with Crippen molar-refractivity contribution in [2.24, 2.45) is 16.8 Å². The van der Waals surface area contributed by atoms with E-state index < -0.39 is 0 Å². The first-order valence-corrected chi connectivity index (χ1v) is 5.63. The van der Waals surface area contributed by atoms with Gasteiger partial charge < -0.3 is 5.32 Å². The number of rotatable bonds is 2. The van der Waals surface area contributed by atoms with E-state index >= 15 is 0 Å². The summed E-state index contributed by atoms with van der Waals surface area (Å²) in [5.41, 5.74) is 0. The molecule has 0 saturated heterocycles. The van der Waals surface area contributed by atoms with E-state index in [4.69, 9.17) is 0 Å². The summed E-state index contributed by atoms with van der Waals surface area (Å²) in [4.78, 5) is 18.0. The Hall–Kier alpha value is -1.58. The summed E-state index contributed by atoms with van der Waals surface area (Å²) in [5.74, 6) is 0.430. The molecule has 1 N–H and O–H groups in total. The predicted molar refractivity (Wildman–Crippen MR) is 63.5 cm³/mol. The molecule has 0 aromatic rings. The number of amides is 1. The maximum atomic E-state index is 12.2. The van der Waals surface area contributed by atoms with Gasteiger partial charge >= 0.3 is 0 Å². The van der Waals surface area contributed by atoms with Crippen LogP contribution in [0.5, 0.6) is 0 Å². The Bertz CT molecular complexity index is 359. The summed E-state index contributed by atoms with van der Waals surface area (Å²) in [6, 6.07) is 0. The smallest absolute Gasteiger partial charge is 0.231 e. The SMILES string of the molecule is CC(C(=O)N1C=CNC1C)C1C=CN=CC1. The molecule has 2 heterocycles. The predicted octanol–water partition coefficient (Wildman–Crippen LogP) is 1.48. The van der Waals surface area contributed by atoms with E-state index in [-0.39, 0.29) is 23.9 Å². The van der Waals surface area contributed by atoms with Crippen LogP contribution in [0.4, 0.5) is 0 Å². The fourth-order valence-corrected chi connectivity index (χ4v) is 2.01. The monoisotopic (exact) mass is 219 g/mol. The molecule has 0 bridgehead atoms. The van der Waals surface area contributed by atoms with Crippen molar-refractivity contribution in [1.29, 1.82) is 0 Å². The highest BCUT2D eigenvalue weighted by Gasteiger charge is 2.29. The maximum absolute atomic E-state index is 12.2. The highest BCUT2D eigenvalue weighted by molar-refractivity contribution is 5.81. The number of allylic oxidation sites excluding steroid dienone is 1. The molecule has 0 saturated carbocycles. The lowest BCUT2D eigenvalue weighted by molar-refractivity contribution is -0.134. The summed E-state index contributed by atoms with van der Waals surface area (Å²) >= 11 is 0. The van der Waals surface area contributed by atoms with Crippen LogP contribution in [0.2, 0.25) is 0 Å². The number of aliphatic imine (C=N–C) groups is 1. The number of carbonyl (C=O) groups is 1. The summed E-state index contributed by atoms with van der Waals surface area (Å²) < 4.78 is 0. The molecule has 2 rings (SSSR count). The Morgan fingerprint density at radius 3 is 3.00 bits per heavy atom. The molecule has 0 aromatic heterocycles. The minimum atomic E-state index is -0.00463. The van der Waals surface area contributed by atoms with Gasteiger partial charge in [0.25, 0.3) is 0 Å². The Kier molecular flexibility index (Phi) is 3.08. The molecule has 3 unspecified atom stereocenters. The van der Waals surface area contributed by atoms with Crippen LogP contribution in [-0.4, -0.2) is 23.2 Å². The van der Waals surface area contributed by atoms with Crippen LogP contribution in [0.15, 0.2) is 29.7 Å². The van der Waals surface area contributed by atoms with E-state index in [1.165, 1.54) is 0 Å². The van der Waals surface area contributed by atoms with Crippen molar-refractivity contribution < 1.29 is 4.79 Å². The Labute approximate surface area is 95.7 Å². The quantitative estimate of drug-likeness (QED) is 0.764. The second-order valence-corrected chi connectivity index (χ2v) is 4.27. The summed E-state index contributed by atoms with van der Waals surface area (Å²) in [6.45, 7) is 3.96. The summed E-state index contributed by atoms with van der Waals surface area (Å²) in [6.07, 6.45) is 10.2. The van der Waals surface area contributed by atoms with Gasteiger partial charge in [-0.15, -0.1) is 0 Å². The van der Waals surface area contributed by atoms with Crippen LogP contribution in [0.25, 0.3) is 0 Å². The van der Waals surface area contributed by atoms with Crippen molar-refractivity contribution in [2.45, 2.75) is 26.4 Å². The van der Waals surface area contributed by atoms with Gasteiger partial charge in [0.15, 0.2) is 0 Å².